The SMILES string of the molecule is CCC(CC)(CNc1cccc(C(=O)O)n1)SC. The normalized spacial score (nSPS) is 11.3. The summed E-state index contributed by atoms with van der Waals surface area (Å²) in [6, 6.07) is 5.00. The zero-order chi connectivity index (χ0) is 13.6. The van der Waals surface area contributed by atoms with E-state index in [2.05, 4.69) is 30.4 Å². The van der Waals surface area contributed by atoms with E-state index in [1.165, 1.54) is 6.07 Å². The van der Waals surface area contributed by atoms with Gasteiger partial charge in [0.1, 0.15) is 5.82 Å². The van der Waals surface area contributed by atoms with Gasteiger partial charge in [0.25, 0.3) is 0 Å². The Balaban J connectivity index is 2.73. The topological polar surface area (TPSA) is 62.2 Å². The Labute approximate surface area is 112 Å². The van der Waals surface area contributed by atoms with E-state index in [9.17, 15) is 4.79 Å². The number of hydrogen-bond acceptors (Lipinski definition) is 4. The van der Waals surface area contributed by atoms with Gasteiger partial charge < -0.3 is 10.4 Å². The van der Waals surface area contributed by atoms with Gasteiger partial charge in [-0.3, -0.25) is 0 Å². The van der Waals surface area contributed by atoms with Crippen LogP contribution in [0.25, 0.3) is 0 Å². The number of anilines is 1. The molecule has 0 bridgehead atoms. The summed E-state index contributed by atoms with van der Waals surface area (Å²) in [5.41, 5.74) is 0.0720. The van der Waals surface area contributed by atoms with E-state index in [-0.39, 0.29) is 10.4 Å². The van der Waals surface area contributed by atoms with Crippen molar-refractivity contribution in [3.05, 3.63) is 23.9 Å². The smallest absolute Gasteiger partial charge is 0.354 e. The second kappa shape index (κ2) is 6.64. The summed E-state index contributed by atoms with van der Waals surface area (Å²) < 4.78 is 0.181. The van der Waals surface area contributed by atoms with Crippen molar-refractivity contribution >= 4 is 23.5 Å². The molecule has 2 N–H and O–H groups in total. The molecular weight excluding hydrogens is 248 g/mol. The number of carboxylic acids is 1. The molecule has 0 radical (unpaired) electrons. The molecule has 0 aliphatic carbocycles. The average Bonchev–Trinajstić information content (AvgIpc) is 2.41. The first-order valence-electron chi connectivity index (χ1n) is 6.06. The first-order valence-corrected chi connectivity index (χ1v) is 7.28. The van der Waals surface area contributed by atoms with Crippen LogP contribution < -0.4 is 5.32 Å². The highest BCUT2D eigenvalue weighted by atomic mass is 32.2. The van der Waals surface area contributed by atoms with Crippen molar-refractivity contribution in [2.24, 2.45) is 0 Å². The summed E-state index contributed by atoms with van der Waals surface area (Å²) >= 11 is 1.84. The van der Waals surface area contributed by atoms with E-state index >= 15 is 0 Å². The molecule has 0 fully saturated rings. The van der Waals surface area contributed by atoms with Crippen LogP contribution >= 0.6 is 11.8 Å². The van der Waals surface area contributed by atoms with Gasteiger partial charge in [-0.2, -0.15) is 11.8 Å². The van der Waals surface area contributed by atoms with Gasteiger partial charge in [0, 0.05) is 11.3 Å². The first-order chi connectivity index (χ1) is 8.56. The fraction of sp³-hybridized carbons (Fsp3) is 0.538. The third kappa shape index (κ3) is 3.63. The minimum atomic E-state index is -0.999. The quantitative estimate of drug-likeness (QED) is 0.795. The maximum absolute atomic E-state index is 10.8. The number of thioether (sulfide) groups is 1. The second-order valence-corrected chi connectivity index (χ2v) is 5.44. The van der Waals surface area contributed by atoms with Gasteiger partial charge in [-0.25, -0.2) is 9.78 Å². The minimum absolute atomic E-state index is 0.0720. The number of aromatic carboxylic acids is 1. The monoisotopic (exact) mass is 268 g/mol. The number of hydrogen-bond donors (Lipinski definition) is 2. The van der Waals surface area contributed by atoms with Crippen molar-refractivity contribution in [3.63, 3.8) is 0 Å². The van der Waals surface area contributed by atoms with E-state index in [0.29, 0.717) is 5.82 Å². The molecule has 0 aliphatic rings. The van der Waals surface area contributed by atoms with E-state index in [1.807, 2.05) is 11.8 Å². The van der Waals surface area contributed by atoms with E-state index in [0.717, 1.165) is 19.4 Å². The Kier molecular flexibility index (Phi) is 5.47. The van der Waals surface area contributed by atoms with E-state index in [4.69, 9.17) is 5.11 Å². The number of nitrogens with one attached hydrogen (secondary N) is 1. The highest BCUT2D eigenvalue weighted by Gasteiger charge is 2.24. The fourth-order valence-electron chi connectivity index (χ4n) is 1.76. The number of nitrogens with zero attached hydrogens (tertiary/aromatic N) is 1. The molecule has 0 amide bonds. The Bertz CT molecular complexity index is 397. The second-order valence-electron chi connectivity index (χ2n) is 4.16. The van der Waals surface area contributed by atoms with Crippen molar-refractivity contribution in [1.29, 1.82) is 0 Å². The van der Waals surface area contributed by atoms with Crippen LogP contribution in [0.15, 0.2) is 18.2 Å². The van der Waals surface area contributed by atoms with Crippen LogP contribution in [0.5, 0.6) is 0 Å². The maximum Gasteiger partial charge on any atom is 0.354 e. The van der Waals surface area contributed by atoms with Crippen molar-refractivity contribution in [2.75, 3.05) is 18.1 Å². The van der Waals surface area contributed by atoms with Gasteiger partial charge in [-0.1, -0.05) is 19.9 Å². The molecular formula is C13H20N2O2S. The summed E-state index contributed by atoms with van der Waals surface area (Å²) in [5, 5.41) is 12.1. The largest absolute Gasteiger partial charge is 0.477 e. The van der Waals surface area contributed by atoms with Crippen LogP contribution in [-0.4, -0.2) is 33.6 Å². The summed E-state index contributed by atoms with van der Waals surface area (Å²) in [6.07, 6.45) is 4.24. The summed E-state index contributed by atoms with van der Waals surface area (Å²) in [6.45, 7) is 5.13. The summed E-state index contributed by atoms with van der Waals surface area (Å²) in [7, 11) is 0. The minimum Gasteiger partial charge on any atom is -0.477 e. The number of pyridine rings is 1. The van der Waals surface area contributed by atoms with Crippen molar-refractivity contribution < 1.29 is 9.90 Å². The highest BCUT2D eigenvalue weighted by molar-refractivity contribution is 8.00. The van der Waals surface area contributed by atoms with Crippen molar-refractivity contribution in [2.45, 2.75) is 31.4 Å². The Morgan fingerprint density at radius 3 is 2.61 bits per heavy atom. The molecule has 0 atom stereocenters. The average molecular weight is 268 g/mol. The predicted molar refractivity (Wildman–Crippen MR) is 76.5 cm³/mol. The number of carboxylic acid groups (broad SMARTS) is 1. The molecule has 5 heteroatoms. The van der Waals surface area contributed by atoms with Crippen LogP contribution in [0.2, 0.25) is 0 Å². The fourth-order valence-corrected chi connectivity index (χ4v) is 2.56. The molecule has 0 aliphatic heterocycles. The molecule has 1 aromatic rings. The first kappa shape index (κ1) is 14.8. The van der Waals surface area contributed by atoms with Gasteiger partial charge in [-0.05, 0) is 31.2 Å². The zero-order valence-corrected chi connectivity index (χ0v) is 11.9. The molecule has 0 aromatic carbocycles. The van der Waals surface area contributed by atoms with Gasteiger partial charge in [-0.15, -0.1) is 0 Å². The van der Waals surface area contributed by atoms with Crippen LogP contribution in [0.3, 0.4) is 0 Å². The van der Waals surface area contributed by atoms with E-state index < -0.39 is 5.97 Å². The standard InChI is InChI=1S/C13H20N2O2S/c1-4-13(5-2,18-3)9-14-11-8-6-7-10(15-11)12(16)17/h6-8H,4-5,9H2,1-3H3,(H,14,15)(H,16,17). The molecule has 18 heavy (non-hydrogen) atoms. The molecule has 100 valence electrons. The highest BCUT2D eigenvalue weighted by Crippen LogP contribution is 2.30. The van der Waals surface area contributed by atoms with Crippen molar-refractivity contribution in [3.8, 4) is 0 Å². The number of rotatable bonds is 7. The lowest BCUT2D eigenvalue weighted by molar-refractivity contribution is 0.0690. The van der Waals surface area contributed by atoms with Crippen LogP contribution in [0, 0.1) is 0 Å². The third-order valence-electron chi connectivity index (χ3n) is 3.28. The van der Waals surface area contributed by atoms with Gasteiger partial charge in [0.05, 0.1) is 0 Å². The number of aromatic nitrogens is 1. The van der Waals surface area contributed by atoms with Crippen molar-refractivity contribution in [1.82, 2.24) is 4.98 Å². The van der Waals surface area contributed by atoms with Gasteiger partial charge in [0.2, 0.25) is 0 Å². The lowest BCUT2D eigenvalue weighted by Crippen LogP contribution is -2.32. The molecule has 0 spiro atoms. The molecule has 1 heterocycles. The molecule has 1 aromatic heterocycles. The number of carbonyl (C=O) groups is 1. The molecule has 0 saturated heterocycles. The zero-order valence-electron chi connectivity index (χ0n) is 11.1. The molecule has 1 rings (SSSR count). The van der Waals surface area contributed by atoms with Crippen LogP contribution in [-0.2, 0) is 0 Å². The summed E-state index contributed by atoms with van der Waals surface area (Å²) in [5.74, 6) is -0.379. The molecule has 4 nitrogen and oxygen atoms in total. The Hall–Kier alpha value is -1.23. The predicted octanol–water partition coefficient (Wildman–Crippen LogP) is 3.11. The molecule has 0 saturated carbocycles. The lowest BCUT2D eigenvalue weighted by atomic mass is 10.0. The van der Waals surface area contributed by atoms with Crippen LogP contribution in [0.4, 0.5) is 5.82 Å². The Morgan fingerprint density at radius 1 is 1.44 bits per heavy atom. The van der Waals surface area contributed by atoms with Gasteiger partial charge in [0.15, 0.2) is 5.69 Å². The summed E-state index contributed by atoms with van der Waals surface area (Å²) in [4.78, 5) is 14.9. The van der Waals surface area contributed by atoms with E-state index in [1.54, 1.807) is 12.1 Å². The maximum atomic E-state index is 10.8. The van der Waals surface area contributed by atoms with Crippen LogP contribution in [0.1, 0.15) is 37.2 Å². The van der Waals surface area contributed by atoms with Gasteiger partial charge >= 0.3 is 5.97 Å². The third-order valence-corrected chi connectivity index (χ3v) is 4.87. The molecule has 0 unspecified atom stereocenters. The lowest BCUT2D eigenvalue weighted by Gasteiger charge is -2.30. The Morgan fingerprint density at radius 2 is 2.11 bits per heavy atom.